The van der Waals surface area contributed by atoms with Crippen molar-refractivity contribution in [3.8, 4) is 0 Å². The molecule has 388 valence electrons. The molecule has 0 spiro atoms. The number of carbonyl (C=O) groups is 10. The van der Waals surface area contributed by atoms with Crippen LogP contribution in [0, 0.1) is 5.41 Å². The molecule has 22 heteroatoms. The van der Waals surface area contributed by atoms with Gasteiger partial charge in [0.25, 0.3) is 23.6 Å². The van der Waals surface area contributed by atoms with Crippen LogP contribution in [-0.2, 0) is 51.5 Å². The minimum Gasteiger partial charge on any atom is -0.445 e. The lowest BCUT2D eigenvalue weighted by molar-refractivity contribution is -0.153. The summed E-state index contributed by atoms with van der Waals surface area (Å²) in [5.41, 5.74) is 12.4. The SMILES string of the molecule is NCCCCCCCNc1cccc2c1CN(C1CCC(=O)N(CNC(=O)OCc3ccc(NC(=O)[C@H](CCCNC(N)=O)NC(=O)C4(C(=O)NCCCCCN5C(=O)C=CC5=O)CCC4)cc3)C1=O)C2=O. The number of likely N-dealkylation sites (tertiary alicyclic amines) is 1. The van der Waals surface area contributed by atoms with Gasteiger partial charge in [-0.25, -0.2) is 9.59 Å². The molecule has 1 unspecified atom stereocenters. The highest BCUT2D eigenvalue weighted by Crippen LogP contribution is 2.42. The maximum Gasteiger partial charge on any atom is 0.408 e. The Bertz CT molecular complexity index is 2350. The van der Waals surface area contributed by atoms with E-state index >= 15 is 0 Å². The van der Waals surface area contributed by atoms with E-state index in [1.54, 1.807) is 36.4 Å². The third-order valence-electron chi connectivity index (χ3n) is 13.4. The smallest absolute Gasteiger partial charge is 0.408 e. The third kappa shape index (κ3) is 14.2. The largest absolute Gasteiger partial charge is 0.445 e. The van der Waals surface area contributed by atoms with Gasteiger partial charge in [0.15, 0.2) is 0 Å². The molecule has 10 N–H and O–H groups in total. The molecule has 2 fully saturated rings. The van der Waals surface area contributed by atoms with Crippen LogP contribution in [0.2, 0.25) is 0 Å². The lowest BCUT2D eigenvalue weighted by Gasteiger charge is -2.39. The van der Waals surface area contributed by atoms with Crippen molar-refractivity contribution >= 4 is 70.8 Å². The average Bonchev–Trinajstić information content (AvgIpc) is 3.85. The highest BCUT2D eigenvalue weighted by Gasteiger charge is 2.51. The van der Waals surface area contributed by atoms with E-state index < -0.39 is 65.8 Å². The molecule has 0 bridgehead atoms. The zero-order chi connectivity index (χ0) is 51.6. The maximum absolute atomic E-state index is 13.8. The Morgan fingerprint density at radius 1 is 0.764 bits per heavy atom. The van der Waals surface area contributed by atoms with Crippen molar-refractivity contribution in [2.45, 2.75) is 122 Å². The fraction of sp³-hybridized carbons (Fsp3) is 0.520. The number of nitrogens with zero attached hydrogens (tertiary/aromatic N) is 3. The first-order valence-electron chi connectivity index (χ1n) is 24.9. The Morgan fingerprint density at radius 3 is 2.17 bits per heavy atom. The van der Waals surface area contributed by atoms with Crippen LogP contribution in [0.1, 0.15) is 118 Å². The fourth-order valence-corrected chi connectivity index (χ4v) is 9.09. The van der Waals surface area contributed by atoms with Gasteiger partial charge < -0.3 is 53.0 Å². The van der Waals surface area contributed by atoms with Crippen molar-refractivity contribution in [1.29, 1.82) is 0 Å². The van der Waals surface area contributed by atoms with Gasteiger partial charge in [-0.1, -0.05) is 43.9 Å². The summed E-state index contributed by atoms with van der Waals surface area (Å²) in [5.74, 6) is -3.72. The number of anilines is 2. The van der Waals surface area contributed by atoms with Crippen LogP contribution in [0.25, 0.3) is 0 Å². The predicted octanol–water partition coefficient (Wildman–Crippen LogP) is 2.62. The van der Waals surface area contributed by atoms with E-state index in [-0.39, 0.29) is 89.0 Å². The van der Waals surface area contributed by atoms with Gasteiger partial charge in [-0.15, -0.1) is 0 Å². The molecule has 0 radical (unpaired) electrons. The van der Waals surface area contributed by atoms with Crippen LogP contribution in [-0.4, -0.2) is 126 Å². The van der Waals surface area contributed by atoms with Crippen LogP contribution < -0.4 is 43.4 Å². The number of piperidine rings is 1. The topological polar surface area (TPSA) is 314 Å². The molecule has 2 aromatic carbocycles. The second-order valence-corrected chi connectivity index (χ2v) is 18.4. The molecule has 11 amide bonds. The maximum atomic E-state index is 13.8. The standard InChI is InChI=1S/C50H67N11O11/c51-25-5-2-1-3-6-26-53-37-13-9-12-35-36(37)30-60(44(35)66)39-19-20-42(64)61(45(39)67)32-56-49(71)72-31-33-15-17-34(18-16-33)57-43(65)38(14-10-28-55-48(52)70)58-47(69)50(23-11-24-50)46(68)54-27-7-4-8-29-59-40(62)21-22-41(59)63/h9,12-13,15-18,21-22,38-39,53H,1-8,10-11,14,19-20,23-32,51H2,(H,54,68)(H,56,71)(H,57,65)(H,58,69)(H3,52,55,70)/t38-,39?/m0/s1. The van der Waals surface area contributed by atoms with E-state index in [4.69, 9.17) is 16.2 Å². The van der Waals surface area contributed by atoms with E-state index in [0.29, 0.717) is 49.0 Å². The molecule has 1 aliphatic carbocycles. The molecule has 6 rings (SSSR count). The van der Waals surface area contributed by atoms with Crippen LogP contribution in [0.15, 0.2) is 54.6 Å². The van der Waals surface area contributed by atoms with Gasteiger partial charge in [0.05, 0.1) is 0 Å². The van der Waals surface area contributed by atoms with E-state index in [9.17, 15) is 47.9 Å². The molecular weight excluding hydrogens is 931 g/mol. The van der Waals surface area contributed by atoms with E-state index in [0.717, 1.165) is 59.7 Å². The molecule has 72 heavy (non-hydrogen) atoms. The summed E-state index contributed by atoms with van der Waals surface area (Å²) < 4.78 is 5.35. The third-order valence-corrected chi connectivity index (χ3v) is 13.4. The van der Waals surface area contributed by atoms with Crippen LogP contribution in [0.3, 0.4) is 0 Å². The summed E-state index contributed by atoms with van der Waals surface area (Å²) in [6, 6.07) is 9.04. The molecule has 1 saturated carbocycles. The Kier molecular flexibility index (Phi) is 19.6. The number of fused-ring (bicyclic) bond motifs is 1. The molecule has 22 nitrogen and oxygen atoms in total. The van der Waals surface area contributed by atoms with Crippen molar-refractivity contribution in [2.75, 3.05) is 50.0 Å². The van der Waals surface area contributed by atoms with Crippen molar-refractivity contribution in [3.63, 3.8) is 0 Å². The lowest BCUT2D eigenvalue weighted by Crippen LogP contribution is -2.58. The second kappa shape index (κ2) is 26.2. The molecule has 3 heterocycles. The first-order chi connectivity index (χ1) is 34.7. The monoisotopic (exact) mass is 998 g/mol. The van der Waals surface area contributed by atoms with Crippen molar-refractivity contribution < 1.29 is 52.7 Å². The average molecular weight is 998 g/mol. The summed E-state index contributed by atoms with van der Waals surface area (Å²) in [5, 5.41) is 16.7. The van der Waals surface area contributed by atoms with Crippen LogP contribution in [0.4, 0.5) is 21.0 Å². The number of primary amides is 1. The highest BCUT2D eigenvalue weighted by molar-refractivity contribution is 6.13. The number of nitrogens with one attached hydrogen (secondary N) is 6. The van der Waals surface area contributed by atoms with Gasteiger partial charge in [0.1, 0.15) is 30.8 Å². The molecule has 4 aliphatic rings. The minimum atomic E-state index is -1.37. The number of nitrogens with two attached hydrogens (primary N) is 2. The Hall–Kier alpha value is -7.36. The molecule has 2 atom stereocenters. The van der Waals surface area contributed by atoms with E-state index in [1.165, 1.54) is 17.1 Å². The van der Waals surface area contributed by atoms with E-state index in [1.807, 2.05) is 6.07 Å². The van der Waals surface area contributed by atoms with Gasteiger partial charge in [0.2, 0.25) is 23.6 Å². The zero-order valence-electron chi connectivity index (χ0n) is 40.6. The summed E-state index contributed by atoms with van der Waals surface area (Å²) in [6.45, 7) is 1.65. The highest BCUT2D eigenvalue weighted by atomic mass is 16.5. The Morgan fingerprint density at radius 2 is 1.46 bits per heavy atom. The first-order valence-corrected chi connectivity index (χ1v) is 24.9. The molecule has 0 aromatic heterocycles. The first kappa shape index (κ1) is 54.0. The number of benzene rings is 2. The number of ether oxygens (including phenoxy) is 1. The normalized spacial score (nSPS) is 17.3. The Balaban J connectivity index is 0.948. The quantitative estimate of drug-likeness (QED) is 0.0346. The van der Waals surface area contributed by atoms with Crippen molar-refractivity contribution in [3.05, 3.63) is 71.3 Å². The predicted molar refractivity (Wildman–Crippen MR) is 263 cm³/mol. The van der Waals surface area contributed by atoms with Gasteiger partial charge in [-0.05, 0) is 101 Å². The summed E-state index contributed by atoms with van der Waals surface area (Å²) >= 11 is 0. The van der Waals surface area contributed by atoms with Gasteiger partial charge in [-0.3, -0.25) is 48.2 Å². The fourth-order valence-electron chi connectivity index (χ4n) is 9.09. The lowest BCUT2D eigenvalue weighted by atomic mass is 9.67. The number of rotatable bonds is 28. The van der Waals surface area contributed by atoms with E-state index in [2.05, 4.69) is 31.9 Å². The number of alkyl carbamates (subject to hydrolysis) is 1. The number of imide groups is 2. The Labute approximate surface area is 418 Å². The number of hydrogen-bond acceptors (Lipinski definition) is 13. The summed E-state index contributed by atoms with van der Waals surface area (Å²) in [7, 11) is 0. The number of unbranched alkanes of at least 4 members (excludes halogenated alkanes) is 6. The van der Waals surface area contributed by atoms with Crippen molar-refractivity contribution in [1.82, 2.24) is 36.0 Å². The van der Waals surface area contributed by atoms with Gasteiger partial charge in [0, 0.05) is 73.8 Å². The van der Waals surface area contributed by atoms with Crippen LogP contribution in [0.5, 0.6) is 0 Å². The number of hydrogen-bond donors (Lipinski definition) is 8. The molecule has 3 aliphatic heterocycles. The van der Waals surface area contributed by atoms with Gasteiger partial charge >= 0.3 is 12.1 Å². The summed E-state index contributed by atoms with van der Waals surface area (Å²) in [4.78, 5) is 132. The summed E-state index contributed by atoms with van der Waals surface area (Å²) in [6.07, 6.45) is 10.3. The van der Waals surface area contributed by atoms with Gasteiger partial charge in [-0.2, -0.15) is 0 Å². The number of urea groups is 1. The minimum absolute atomic E-state index is 0.000324. The number of carbonyl (C=O) groups excluding carboxylic acids is 10. The van der Waals surface area contributed by atoms with Crippen LogP contribution >= 0.6 is 0 Å². The van der Waals surface area contributed by atoms with Crippen molar-refractivity contribution in [2.24, 2.45) is 16.9 Å². The second-order valence-electron chi connectivity index (χ2n) is 18.4. The molecular formula is C50H67N11O11. The number of amides is 11. The molecule has 1 saturated heterocycles. The zero-order valence-corrected chi connectivity index (χ0v) is 40.6. The molecule has 2 aromatic rings.